The number of nitrogens with zero attached hydrogens (tertiary/aromatic N) is 3. The lowest BCUT2D eigenvalue weighted by Crippen LogP contribution is -2.26. The maximum Gasteiger partial charge on any atom is 0.310 e. The van der Waals surface area contributed by atoms with Gasteiger partial charge in [-0.3, -0.25) is 9.78 Å². The van der Waals surface area contributed by atoms with E-state index in [1.807, 2.05) is 49.4 Å². The predicted octanol–water partition coefficient (Wildman–Crippen LogP) is 7.10. The second-order valence-corrected chi connectivity index (χ2v) is 9.14. The third-order valence-corrected chi connectivity index (χ3v) is 6.70. The number of fused-ring (bicyclic) bond motifs is 1. The van der Waals surface area contributed by atoms with Crippen LogP contribution < -0.4 is 0 Å². The predicted molar refractivity (Wildman–Crippen MR) is 142 cm³/mol. The first-order chi connectivity index (χ1) is 17.6. The van der Waals surface area contributed by atoms with Crippen LogP contribution in [0.3, 0.4) is 0 Å². The molecule has 3 aromatic carbocycles. The van der Waals surface area contributed by atoms with Crippen molar-refractivity contribution in [3.63, 3.8) is 0 Å². The summed E-state index contributed by atoms with van der Waals surface area (Å²) in [5, 5.41) is 7.60. The molecular formula is C31H25N3O2. The molecule has 5 aromatic rings. The topological polar surface area (TPSA) is 58.7 Å². The van der Waals surface area contributed by atoms with Crippen molar-refractivity contribution in [2.45, 2.75) is 26.3 Å². The number of aryl methyl sites for hydroxylation is 2. The highest BCUT2D eigenvalue weighted by Gasteiger charge is 2.36. The van der Waals surface area contributed by atoms with Gasteiger partial charge in [-0.05, 0) is 43.2 Å². The lowest BCUT2D eigenvalue weighted by molar-refractivity contribution is 0.0678. The van der Waals surface area contributed by atoms with E-state index in [2.05, 4.69) is 43.3 Å². The Hall–Kier alpha value is -4.51. The first kappa shape index (κ1) is 22.0. The summed E-state index contributed by atoms with van der Waals surface area (Å²) in [6.07, 6.45) is 2.09. The first-order valence-electron chi connectivity index (χ1n) is 12.1. The van der Waals surface area contributed by atoms with Crippen molar-refractivity contribution >= 4 is 22.5 Å². The molecule has 0 saturated heterocycles. The van der Waals surface area contributed by atoms with Crippen LogP contribution in [0.2, 0.25) is 0 Å². The fraction of sp³-hybridized carbons (Fsp3) is 0.129. The zero-order valence-electron chi connectivity index (χ0n) is 20.2. The van der Waals surface area contributed by atoms with E-state index in [1.165, 1.54) is 6.26 Å². The molecule has 5 nitrogen and oxygen atoms in total. The van der Waals surface area contributed by atoms with Crippen molar-refractivity contribution in [3.05, 3.63) is 125 Å². The van der Waals surface area contributed by atoms with Crippen LogP contribution in [0.4, 0.5) is 0 Å². The Morgan fingerprint density at radius 1 is 0.889 bits per heavy atom. The quantitative estimate of drug-likeness (QED) is 0.281. The van der Waals surface area contributed by atoms with E-state index in [9.17, 15) is 4.79 Å². The number of pyridine rings is 1. The van der Waals surface area contributed by atoms with E-state index in [-0.39, 0.29) is 17.7 Å². The Balaban J connectivity index is 1.56. The Kier molecular flexibility index (Phi) is 5.45. The van der Waals surface area contributed by atoms with E-state index >= 15 is 0 Å². The molecule has 1 atom stereocenters. The van der Waals surface area contributed by atoms with Crippen molar-refractivity contribution in [1.82, 2.24) is 9.99 Å². The molecule has 2 aromatic heterocycles. The average molecular weight is 472 g/mol. The minimum Gasteiger partial charge on any atom is -0.459 e. The molecule has 1 aliphatic rings. The lowest BCUT2D eigenvalue weighted by atomic mass is 9.89. The molecular weight excluding hydrogens is 446 g/mol. The summed E-state index contributed by atoms with van der Waals surface area (Å²) >= 11 is 0. The summed E-state index contributed by atoms with van der Waals surface area (Å²) in [6, 6.07) is 29.9. The number of carbonyl (C=O) groups excluding carboxylic acids is 1. The fourth-order valence-corrected chi connectivity index (χ4v) is 5.09. The van der Waals surface area contributed by atoms with Gasteiger partial charge in [0.05, 0.1) is 23.5 Å². The van der Waals surface area contributed by atoms with Crippen LogP contribution >= 0.6 is 0 Å². The Morgan fingerprint density at radius 3 is 2.47 bits per heavy atom. The van der Waals surface area contributed by atoms with Crippen LogP contribution in [0, 0.1) is 13.8 Å². The number of hydrogen-bond donors (Lipinski definition) is 0. The zero-order valence-corrected chi connectivity index (χ0v) is 20.2. The summed E-state index contributed by atoms with van der Waals surface area (Å²) in [5.41, 5.74) is 8.02. The van der Waals surface area contributed by atoms with Crippen molar-refractivity contribution in [3.8, 4) is 11.1 Å². The van der Waals surface area contributed by atoms with Gasteiger partial charge in [0.25, 0.3) is 0 Å². The van der Waals surface area contributed by atoms with Crippen LogP contribution in [0.5, 0.6) is 0 Å². The van der Waals surface area contributed by atoms with Gasteiger partial charge in [-0.1, -0.05) is 78.4 Å². The summed E-state index contributed by atoms with van der Waals surface area (Å²) < 4.78 is 5.46. The molecule has 0 aliphatic carbocycles. The normalized spacial score (nSPS) is 15.3. The van der Waals surface area contributed by atoms with Gasteiger partial charge in [-0.25, -0.2) is 5.01 Å². The van der Waals surface area contributed by atoms with Crippen LogP contribution in [0.1, 0.15) is 45.4 Å². The van der Waals surface area contributed by atoms with Crippen molar-refractivity contribution < 1.29 is 9.21 Å². The third-order valence-electron chi connectivity index (χ3n) is 6.70. The van der Waals surface area contributed by atoms with Crippen LogP contribution in [-0.2, 0) is 0 Å². The van der Waals surface area contributed by atoms with Gasteiger partial charge in [0.2, 0.25) is 0 Å². The smallest absolute Gasteiger partial charge is 0.310 e. The number of benzene rings is 3. The van der Waals surface area contributed by atoms with E-state index in [1.54, 1.807) is 17.1 Å². The monoisotopic (exact) mass is 471 g/mol. The maximum absolute atomic E-state index is 13.5. The number of aromatic nitrogens is 1. The third kappa shape index (κ3) is 3.79. The molecule has 0 spiro atoms. The van der Waals surface area contributed by atoms with Gasteiger partial charge in [0.15, 0.2) is 5.76 Å². The number of rotatable bonds is 4. The lowest BCUT2D eigenvalue weighted by Gasteiger charge is -2.21. The fourth-order valence-electron chi connectivity index (χ4n) is 5.09. The highest BCUT2D eigenvalue weighted by atomic mass is 16.3. The summed E-state index contributed by atoms with van der Waals surface area (Å²) in [5.74, 6) is 0.0171. The van der Waals surface area contributed by atoms with Crippen LogP contribution in [0.15, 0.2) is 107 Å². The minimum absolute atomic E-state index is 0.244. The second-order valence-electron chi connectivity index (χ2n) is 9.14. The van der Waals surface area contributed by atoms with Crippen molar-refractivity contribution in [2.24, 2.45) is 5.10 Å². The van der Waals surface area contributed by atoms with Gasteiger partial charge in [-0.2, -0.15) is 5.10 Å². The number of amides is 1. The van der Waals surface area contributed by atoms with Gasteiger partial charge >= 0.3 is 5.91 Å². The molecule has 0 N–H and O–H groups in total. The highest BCUT2D eigenvalue weighted by Crippen LogP contribution is 2.40. The Labute approximate surface area is 209 Å². The summed E-state index contributed by atoms with van der Waals surface area (Å²) in [7, 11) is 0. The number of hydrazone groups is 1. The standard InChI is InChI=1S/C31H25N3O2/c1-20-10-8-13-23(18-20)27-19-26(33-34(27)31(35)28-16-9-17-36-28)29-21(2)32-25-15-7-6-14-24(25)30(29)22-11-4-3-5-12-22/h3-18,27H,19H2,1-2H3/t27-/m0/s1. The average Bonchev–Trinajstić information content (AvgIpc) is 3.59. The van der Waals surface area contributed by atoms with E-state index in [0.29, 0.717) is 6.42 Å². The van der Waals surface area contributed by atoms with Crippen molar-refractivity contribution in [2.75, 3.05) is 0 Å². The van der Waals surface area contributed by atoms with Gasteiger partial charge in [0, 0.05) is 28.6 Å². The second kappa shape index (κ2) is 8.93. The first-order valence-corrected chi connectivity index (χ1v) is 12.1. The van der Waals surface area contributed by atoms with Gasteiger partial charge in [0.1, 0.15) is 0 Å². The number of furan rings is 1. The maximum atomic E-state index is 13.5. The van der Waals surface area contributed by atoms with Crippen molar-refractivity contribution in [1.29, 1.82) is 0 Å². The molecule has 3 heterocycles. The minimum atomic E-state index is -0.255. The Morgan fingerprint density at radius 2 is 1.69 bits per heavy atom. The summed E-state index contributed by atoms with van der Waals surface area (Å²) in [6.45, 7) is 4.08. The number of carbonyl (C=O) groups is 1. The van der Waals surface area contributed by atoms with Gasteiger partial charge < -0.3 is 4.42 Å². The van der Waals surface area contributed by atoms with E-state index in [0.717, 1.165) is 50.1 Å². The molecule has 1 aliphatic heterocycles. The molecule has 176 valence electrons. The molecule has 0 bridgehead atoms. The Bertz CT molecular complexity index is 1600. The van der Waals surface area contributed by atoms with Crippen LogP contribution in [0.25, 0.3) is 22.0 Å². The number of para-hydroxylation sites is 1. The number of hydrogen-bond acceptors (Lipinski definition) is 4. The van der Waals surface area contributed by atoms with Gasteiger partial charge in [-0.15, -0.1) is 0 Å². The molecule has 0 fully saturated rings. The summed E-state index contributed by atoms with van der Waals surface area (Å²) in [4.78, 5) is 18.5. The van der Waals surface area contributed by atoms with E-state index < -0.39 is 0 Å². The molecule has 0 radical (unpaired) electrons. The van der Waals surface area contributed by atoms with E-state index in [4.69, 9.17) is 14.5 Å². The molecule has 6 rings (SSSR count). The molecule has 5 heteroatoms. The largest absolute Gasteiger partial charge is 0.459 e. The SMILES string of the molecule is Cc1cccc([C@@H]2CC(c3c(C)nc4ccccc4c3-c3ccccc3)=NN2C(=O)c2ccco2)c1. The van der Waals surface area contributed by atoms with Crippen LogP contribution in [-0.4, -0.2) is 21.6 Å². The zero-order chi connectivity index (χ0) is 24.6. The molecule has 0 saturated carbocycles. The molecule has 36 heavy (non-hydrogen) atoms. The molecule has 1 amide bonds. The highest BCUT2D eigenvalue weighted by molar-refractivity contribution is 6.14. The molecule has 0 unspecified atom stereocenters.